The number of hydrogen-bond donors (Lipinski definition) is 0. The van der Waals surface area contributed by atoms with Crippen LogP contribution >= 0.6 is 35.0 Å². The van der Waals surface area contributed by atoms with Gasteiger partial charge in [0.2, 0.25) is 10.0 Å². The number of rotatable bonds is 10. The maximum Gasteiger partial charge on any atom is 0.387 e. The number of sulfonamides is 1. The predicted molar refractivity (Wildman–Crippen MR) is 143 cm³/mol. The molecule has 1 aliphatic rings. The molecule has 0 amide bonds. The highest BCUT2D eigenvalue weighted by Gasteiger charge is 2.42. The van der Waals surface area contributed by atoms with Crippen molar-refractivity contribution in [1.29, 1.82) is 0 Å². The summed E-state index contributed by atoms with van der Waals surface area (Å²) in [5, 5.41) is -0.710. The molecule has 0 N–H and O–H groups in total. The van der Waals surface area contributed by atoms with Gasteiger partial charge in [-0.15, -0.1) is 11.8 Å². The highest BCUT2D eigenvalue weighted by Crippen LogP contribution is 2.38. The van der Waals surface area contributed by atoms with E-state index in [2.05, 4.69) is 9.72 Å². The summed E-state index contributed by atoms with van der Waals surface area (Å²) in [6, 6.07) is 11.9. The first-order valence-corrected chi connectivity index (χ1v) is 14.7. The minimum atomic E-state index is -3.98. The van der Waals surface area contributed by atoms with Crippen LogP contribution in [0.25, 0.3) is 0 Å². The van der Waals surface area contributed by atoms with Crippen LogP contribution in [0.2, 0.25) is 10.0 Å². The minimum Gasteiger partial charge on any atom is -0.493 e. The quantitative estimate of drug-likeness (QED) is 0.271. The Kier molecular flexibility index (Phi) is 9.55. The van der Waals surface area contributed by atoms with Gasteiger partial charge in [0.05, 0.1) is 22.1 Å². The van der Waals surface area contributed by atoms with Gasteiger partial charge in [0.25, 0.3) is 0 Å². The Morgan fingerprint density at radius 1 is 1.13 bits per heavy atom. The van der Waals surface area contributed by atoms with Crippen molar-refractivity contribution >= 4 is 51.0 Å². The average Bonchev–Trinajstić information content (AvgIpc) is 3.42. The van der Waals surface area contributed by atoms with Crippen molar-refractivity contribution in [2.24, 2.45) is 0 Å². The van der Waals surface area contributed by atoms with E-state index in [0.717, 1.165) is 16.1 Å². The largest absolute Gasteiger partial charge is 0.493 e. The van der Waals surface area contributed by atoms with Crippen molar-refractivity contribution in [3.63, 3.8) is 0 Å². The van der Waals surface area contributed by atoms with Crippen molar-refractivity contribution in [1.82, 2.24) is 9.29 Å². The molecule has 14 heteroatoms. The number of methoxy groups -OCH3 is 1. The van der Waals surface area contributed by atoms with Crippen LogP contribution in [0.4, 0.5) is 8.78 Å². The van der Waals surface area contributed by atoms with Gasteiger partial charge in [-0.25, -0.2) is 13.2 Å². The van der Waals surface area contributed by atoms with E-state index in [4.69, 9.17) is 32.7 Å². The molecule has 2 aromatic carbocycles. The first-order valence-electron chi connectivity index (χ1n) is 11.4. The summed E-state index contributed by atoms with van der Waals surface area (Å²) in [5.41, 5.74) is 0.775. The molecule has 4 rings (SSSR count). The molecule has 0 spiro atoms. The van der Waals surface area contributed by atoms with E-state index in [1.54, 1.807) is 18.2 Å². The highest BCUT2D eigenvalue weighted by molar-refractivity contribution is 8.02. The van der Waals surface area contributed by atoms with E-state index in [0.29, 0.717) is 16.9 Å². The van der Waals surface area contributed by atoms with Crippen molar-refractivity contribution in [2.75, 3.05) is 19.4 Å². The highest BCUT2D eigenvalue weighted by atomic mass is 35.5. The zero-order valence-electron chi connectivity index (χ0n) is 20.3. The molecule has 0 aliphatic carbocycles. The topological polar surface area (TPSA) is 95.0 Å². The fourth-order valence-corrected chi connectivity index (χ4v) is 7.52. The lowest BCUT2D eigenvalue weighted by Gasteiger charge is -2.26. The van der Waals surface area contributed by atoms with Crippen LogP contribution < -0.4 is 9.47 Å². The first-order chi connectivity index (χ1) is 18.6. The minimum absolute atomic E-state index is 0.0209. The summed E-state index contributed by atoms with van der Waals surface area (Å²) in [5.74, 6) is -0.668. The van der Waals surface area contributed by atoms with Gasteiger partial charge in [0.1, 0.15) is 6.10 Å². The van der Waals surface area contributed by atoms with Crippen LogP contribution in [0, 0.1) is 0 Å². The van der Waals surface area contributed by atoms with Gasteiger partial charge < -0.3 is 14.2 Å². The van der Waals surface area contributed by atoms with Crippen LogP contribution in [0.1, 0.15) is 17.2 Å². The van der Waals surface area contributed by atoms with E-state index in [1.165, 1.54) is 49.8 Å². The fourth-order valence-electron chi connectivity index (χ4n) is 3.94. The molecule has 0 radical (unpaired) electrons. The van der Waals surface area contributed by atoms with E-state index < -0.39 is 34.1 Å². The molecule has 1 aromatic heterocycles. The summed E-state index contributed by atoms with van der Waals surface area (Å²) < 4.78 is 68.9. The fraction of sp³-hybridized carbons (Fsp3) is 0.280. The van der Waals surface area contributed by atoms with E-state index >= 15 is 0 Å². The summed E-state index contributed by atoms with van der Waals surface area (Å²) >= 11 is 13.7. The Balaban J connectivity index is 1.67. The van der Waals surface area contributed by atoms with E-state index in [9.17, 15) is 22.0 Å². The second-order valence-electron chi connectivity index (χ2n) is 8.15. The molecule has 8 nitrogen and oxygen atoms in total. The van der Waals surface area contributed by atoms with Crippen LogP contribution in [0.15, 0.2) is 65.8 Å². The number of esters is 1. The third-order valence-corrected chi connectivity index (χ3v) is 9.62. The number of nitrogens with zero attached hydrogens (tertiary/aromatic N) is 2. The third kappa shape index (κ3) is 6.75. The Morgan fingerprint density at radius 3 is 2.46 bits per heavy atom. The molecule has 0 bridgehead atoms. The number of alkyl halides is 2. The maximum absolute atomic E-state index is 13.5. The normalized spacial score (nSPS) is 16.7. The molecule has 208 valence electrons. The lowest BCUT2D eigenvalue weighted by atomic mass is 10.0. The molecule has 2 heterocycles. The average molecular weight is 619 g/mol. The monoisotopic (exact) mass is 618 g/mol. The number of thioether (sulfide) groups is 1. The molecular weight excluding hydrogens is 597 g/mol. The van der Waals surface area contributed by atoms with Crippen LogP contribution in [-0.4, -0.2) is 55.1 Å². The SMILES string of the molecule is COc1cc(C(Cc2c(Cl)cncc2Cl)OC(=O)C2SCCN2S(=O)(=O)c2ccccc2)ccc1OC(F)F. The summed E-state index contributed by atoms with van der Waals surface area (Å²) in [4.78, 5) is 17.4. The number of benzene rings is 2. The standard InChI is InChI=1S/C25H22Cl2F2N2O6S2/c1-35-22-11-15(7-8-20(22)37-25(28)29)21(12-17-18(26)13-30-14-19(17)27)36-24(32)23-31(9-10-38-23)39(33,34)16-5-3-2-4-6-16/h2-8,11,13-14,21,23,25H,9-10,12H2,1H3. The molecule has 0 saturated carbocycles. The molecule has 2 unspecified atom stereocenters. The van der Waals surface area contributed by atoms with Gasteiger partial charge in [-0.3, -0.25) is 4.98 Å². The smallest absolute Gasteiger partial charge is 0.387 e. The number of ether oxygens (including phenoxy) is 3. The van der Waals surface area contributed by atoms with Crippen LogP contribution in [0.3, 0.4) is 0 Å². The van der Waals surface area contributed by atoms with E-state index in [1.807, 2.05) is 0 Å². The first kappa shape index (κ1) is 29.3. The molecule has 1 fully saturated rings. The number of halogens is 4. The second-order valence-corrected chi connectivity index (χ2v) is 12.0. The zero-order valence-corrected chi connectivity index (χ0v) is 23.4. The number of carbonyl (C=O) groups is 1. The zero-order chi connectivity index (χ0) is 28.2. The summed E-state index contributed by atoms with van der Waals surface area (Å²) in [7, 11) is -2.71. The molecule has 1 aliphatic heterocycles. The molecule has 3 aromatic rings. The number of hydrogen-bond acceptors (Lipinski definition) is 8. The number of pyridine rings is 1. The predicted octanol–water partition coefficient (Wildman–Crippen LogP) is 5.59. The van der Waals surface area contributed by atoms with Crippen molar-refractivity contribution in [3.05, 3.63) is 82.1 Å². The van der Waals surface area contributed by atoms with Gasteiger partial charge in [0, 0.05) is 31.1 Å². The lowest BCUT2D eigenvalue weighted by molar-refractivity contribution is -0.150. The molecular formula is C25H22Cl2F2N2O6S2. The maximum atomic E-state index is 13.5. The molecule has 39 heavy (non-hydrogen) atoms. The Labute approximate surface area is 238 Å². The van der Waals surface area contributed by atoms with Gasteiger partial charge in [0.15, 0.2) is 16.9 Å². The van der Waals surface area contributed by atoms with Crippen LogP contribution in [-0.2, 0) is 26.0 Å². The third-order valence-electron chi connectivity index (χ3n) is 5.78. The van der Waals surface area contributed by atoms with E-state index in [-0.39, 0.29) is 39.4 Å². The van der Waals surface area contributed by atoms with Gasteiger partial charge >= 0.3 is 12.6 Å². The number of carbonyl (C=O) groups excluding carboxylic acids is 1. The number of aromatic nitrogens is 1. The lowest BCUT2D eigenvalue weighted by Crippen LogP contribution is -2.40. The molecule has 1 saturated heterocycles. The Bertz CT molecular complexity index is 1410. The Morgan fingerprint density at radius 2 is 1.82 bits per heavy atom. The van der Waals surface area contributed by atoms with Crippen molar-refractivity contribution in [2.45, 2.75) is 29.4 Å². The summed E-state index contributed by atoms with van der Waals surface area (Å²) in [6.07, 6.45) is 1.69. The van der Waals surface area contributed by atoms with Gasteiger partial charge in [-0.05, 0) is 35.4 Å². The summed E-state index contributed by atoms with van der Waals surface area (Å²) in [6.45, 7) is -2.97. The second kappa shape index (κ2) is 12.7. The van der Waals surface area contributed by atoms with Crippen molar-refractivity contribution in [3.8, 4) is 11.5 Å². The van der Waals surface area contributed by atoms with Crippen molar-refractivity contribution < 1.29 is 36.2 Å². The van der Waals surface area contributed by atoms with Crippen LogP contribution in [0.5, 0.6) is 11.5 Å². The Hall–Kier alpha value is -2.64. The van der Waals surface area contributed by atoms with Gasteiger partial charge in [-0.1, -0.05) is 47.5 Å². The van der Waals surface area contributed by atoms with Gasteiger partial charge in [-0.2, -0.15) is 13.1 Å². The molecule has 2 atom stereocenters.